The Morgan fingerprint density at radius 3 is 1.24 bits per heavy atom. The number of rotatable bonds is 43. The maximum atomic E-state index is 5.86. The Labute approximate surface area is 307 Å². The van der Waals surface area contributed by atoms with Gasteiger partial charge in [-0.1, -0.05) is 141 Å². The van der Waals surface area contributed by atoms with Gasteiger partial charge in [0.05, 0.1) is 13.5 Å². The van der Waals surface area contributed by atoms with Gasteiger partial charge in [0.15, 0.2) is 0 Å². The molecule has 0 atom stereocenters. The van der Waals surface area contributed by atoms with Crippen LogP contribution in [0.25, 0.3) is 0 Å². The Morgan fingerprint density at radius 2 is 0.816 bits per heavy atom. The minimum absolute atomic E-state index is 0.648. The third-order valence-electron chi connectivity index (χ3n) is 9.39. The summed E-state index contributed by atoms with van der Waals surface area (Å²) in [5.74, 6) is 0. The lowest BCUT2D eigenvalue weighted by Gasteiger charge is -2.21. The first kappa shape index (κ1) is 48.2. The molecule has 6 nitrogen and oxygen atoms in total. The zero-order valence-electron chi connectivity index (χ0n) is 33.3. The summed E-state index contributed by atoms with van der Waals surface area (Å²) in [5.41, 5.74) is 5.86. The molecule has 49 heavy (non-hydrogen) atoms. The van der Waals surface area contributed by atoms with Gasteiger partial charge in [-0.3, -0.25) is 10.6 Å². The predicted molar refractivity (Wildman–Crippen MR) is 217 cm³/mol. The van der Waals surface area contributed by atoms with E-state index in [4.69, 9.17) is 15.2 Å². The van der Waals surface area contributed by atoms with E-state index in [1.165, 1.54) is 167 Å². The van der Waals surface area contributed by atoms with Gasteiger partial charge in [-0.05, 0) is 83.7 Å². The van der Waals surface area contributed by atoms with Crippen LogP contribution in [0.15, 0.2) is 24.3 Å². The quantitative estimate of drug-likeness (QED) is 0.0336. The molecule has 0 rings (SSSR count). The molecule has 6 heteroatoms. The molecule has 0 amide bonds. The third-order valence-corrected chi connectivity index (χ3v) is 9.39. The highest BCUT2D eigenvalue weighted by Crippen LogP contribution is 2.11. The normalized spacial score (nSPS) is 12.1. The molecule has 0 aliphatic heterocycles. The molecule has 0 unspecified atom stereocenters. The minimum Gasteiger partial charge on any atom is -0.366 e. The van der Waals surface area contributed by atoms with E-state index >= 15 is 0 Å². The van der Waals surface area contributed by atoms with Gasteiger partial charge in [0.1, 0.15) is 0 Å². The van der Waals surface area contributed by atoms with Crippen molar-refractivity contribution >= 4 is 0 Å². The monoisotopic (exact) mass is 693 g/mol. The molecule has 0 aliphatic rings. The van der Waals surface area contributed by atoms with Crippen molar-refractivity contribution in [3.05, 3.63) is 24.3 Å². The molecule has 0 saturated heterocycles. The van der Waals surface area contributed by atoms with E-state index in [1.54, 1.807) is 0 Å². The van der Waals surface area contributed by atoms with E-state index in [-0.39, 0.29) is 0 Å². The Morgan fingerprint density at radius 1 is 0.429 bits per heavy atom. The number of hydrogen-bond donors (Lipinski definition) is 3. The van der Waals surface area contributed by atoms with E-state index in [9.17, 15) is 0 Å². The van der Waals surface area contributed by atoms with Crippen molar-refractivity contribution in [3.8, 4) is 0 Å². The number of unbranched alkanes of at least 4 members (excludes halogenated alkanes) is 22. The largest absolute Gasteiger partial charge is 0.366 e. The SMILES string of the molecule is CCCCCCCC/C=C\CCCCCCCOCNCCCN(CCN)CCNCOCCCCCCC/C=C\CCCCCCCC. The van der Waals surface area contributed by atoms with Crippen LogP contribution < -0.4 is 16.4 Å². The highest BCUT2D eigenvalue weighted by atomic mass is 16.5. The number of nitrogens with two attached hydrogens (primary N) is 1. The fourth-order valence-corrected chi connectivity index (χ4v) is 6.17. The highest BCUT2D eigenvalue weighted by molar-refractivity contribution is 4.82. The first-order chi connectivity index (χ1) is 24.3. The molecule has 0 aromatic rings. The molecule has 0 saturated carbocycles. The molecule has 292 valence electrons. The van der Waals surface area contributed by atoms with E-state index in [0.717, 1.165) is 52.4 Å². The minimum atomic E-state index is 0.648. The lowest BCUT2D eigenvalue weighted by Crippen LogP contribution is -2.37. The summed E-state index contributed by atoms with van der Waals surface area (Å²) in [6, 6.07) is 0. The van der Waals surface area contributed by atoms with Gasteiger partial charge in [0, 0.05) is 39.4 Å². The summed E-state index contributed by atoms with van der Waals surface area (Å²) in [7, 11) is 0. The Hall–Kier alpha value is -0.760. The van der Waals surface area contributed by atoms with Gasteiger partial charge in [-0.2, -0.15) is 0 Å². The standard InChI is InChI=1S/C43H88N4O2/c1-3-5-7-9-11-13-15-17-19-21-23-25-27-29-31-40-48-42-45-35-33-37-47(38-34-44)39-36-46-43-49-41-32-30-28-26-24-22-20-18-16-14-12-10-8-6-4-2/h17-20,45-46H,3-16,21-44H2,1-2H3/b19-17-,20-18-. The molecule has 0 aromatic carbocycles. The Balaban J connectivity index is 3.38. The van der Waals surface area contributed by atoms with Gasteiger partial charge in [-0.25, -0.2) is 0 Å². The van der Waals surface area contributed by atoms with Crippen LogP contribution in [-0.2, 0) is 9.47 Å². The summed E-state index contributed by atoms with van der Waals surface area (Å²) in [6.45, 7) is 13.3. The zero-order chi connectivity index (χ0) is 35.4. The first-order valence-corrected chi connectivity index (χ1v) is 21.6. The van der Waals surface area contributed by atoms with Crippen LogP contribution in [0.4, 0.5) is 0 Å². The van der Waals surface area contributed by atoms with Crippen molar-refractivity contribution in [2.45, 2.75) is 187 Å². The van der Waals surface area contributed by atoms with Crippen molar-refractivity contribution < 1.29 is 9.47 Å². The lowest BCUT2D eigenvalue weighted by molar-refractivity contribution is 0.108. The maximum absolute atomic E-state index is 5.86. The van der Waals surface area contributed by atoms with Crippen LogP contribution in [-0.4, -0.2) is 70.8 Å². The second kappa shape index (κ2) is 45.3. The number of nitrogens with one attached hydrogen (secondary N) is 2. The summed E-state index contributed by atoms with van der Waals surface area (Å²) < 4.78 is 11.6. The van der Waals surface area contributed by atoms with Crippen LogP contribution in [0.1, 0.15) is 187 Å². The average molecular weight is 693 g/mol. The zero-order valence-corrected chi connectivity index (χ0v) is 33.3. The molecular formula is C43H88N4O2. The van der Waals surface area contributed by atoms with Crippen LogP contribution in [0, 0.1) is 0 Å². The Bertz CT molecular complexity index is 645. The fourth-order valence-electron chi connectivity index (χ4n) is 6.17. The maximum Gasteiger partial charge on any atom is 0.0965 e. The molecule has 0 radical (unpaired) electrons. The molecule has 0 bridgehead atoms. The third kappa shape index (κ3) is 43.3. The fraction of sp³-hybridized carbons (Fsp3) is 0.907. The molecular weight excluding hydrogens is 604 g/mol. The van der Waals surface area contributed by atoms with Crippen LogP contribution >= 0.6 is 0 Å². The van der Waals surface area contributed by atoms with E-state index in [0.29, 0.717) is 20.0 Å². The summed E-state index contributed by atoms with van der Waals surface area (Å²) >= 11 is 0. The van der Waals surface area contributed by atoms with Crippen LogP contribution in [0.3, 0.4) is 0 Å². The molecule has 4 N–H and O–H groups in total. The number of ether oxygens (including phenoxy) is 2. The van der Waals surface area contributed by atoms with Gasteiger partial charge in [-0.15, -0.1) is 0 Å². The van der Waals surface area contributed by atoms with Gasteiger partial charge < -0.3 is 20.1 Å². The van der Waals surface area contributed by atoms with Crippen LogP contribution in [0.2, 0.25) is 0 Å². The Kier molecular flexibility index (Phi) is 44.6. The van der Waals surface area contributed by atoms with Crippen LogP contribution in [0.5, 0.6) is 0 Å². The number of nitrogens with zero attached hydrogens (tertiary/aromatic N) is 1. The predicted octanol–water partition coefficient (Wildman–Crippen LogP) is 11.1. The summed E-state index contributed by atoms with van der Waals surface area (Å²) in [6.07, 6.45) is 45.4. The first-order valence-electron chi connectivity index (χ1n) is 21.6. The summed E-state index contributed by atoms with van der Waals surface area (Å²) in [5, 5.41) is 6.88. The van der Waals surface area contributed by atoms with E-state index < -0.39 is 0 Å². The smallest absolute Gasteiger partial charge is 0.0965 e. The summed E-state index contributed by atoms with van der Waals surface area (Å²) in [4.78, 5) is 2.45. The molecule has 0 spiro atoms. The van der Waals surface area contributed by atoms with Gasteiger partial charge in [0.2, 0.25) is 0 Å². The molecule has 0 aliphatic carbocycles. The second-order valence-electron chi connectivity index (χ2n) is 14.3. The highest BCUT2D eigenvalue weighted by Gasteiger charge is 2.03. The lowest BCUT2D eigenvalue weighted by atomic mass is 10.1. The van der Waals surface area contributed by atoms with E-state index in [2.05, 4.69) is 53.7 Å². The van der Waals surface area contributed by atoms with Crippen molar-refractivity contribution in [3.63, 3.8) is 0 Å². The van der Waals surface area contributed by atoms with Crippen molar-refractivity contribution in [1.29, 1.82) is 0 Å². The number of hydrogen-bond acceptors (Lipinski definition) is 6. The van der Waals surface area contributed by atoms with E-state index in [1.807, 2.05) is 0 Å². The number of allylic oxidation sites excluding steroid dienone is 4. The van der Waals surface area contributed by atoms with Crippen molar-refractivity contribution in [2.75, 3.05) is 65.9 Å². The molecule has 0 fully saturated rings. The molecule has 0 heterocycles. The second-order valence-corrected chi connectivity index (χ2v) is 14.3. The topological polar surface area (TPSA) is 71.8 Å². The average Bonchev–Trinajstić information content (AvgIpc) is 3.11. The van der Waals surface area contributed by atoms with Crippen molar-refractivity contribution in [1.82, 2.24) is 15.5 Å². The van der Waals surface area contributed by atoms with Gasteiger partial charge in [0.25, 0.3) is 0 Å². The van der Waals surface area contributed by atoms with Crippen molar-refractivity contribution in [2.24, 2.45) is 5.73 Å². The molecule has 0 aromatic heterocycles. The van der Waals surface area contributed by atoms with Gasteiger partial charge >= 0.3 is 0 Å².